The molecule has 2 aliphatic heterocycles. The van der Waals surface area contributed by atoms with E-state index in [9.17, 15) is 9.18 Å². The molecule has 2 rings (SSSR count). The molecule has 2 heterocycles. The van der Waals surface area contributed by atoms with E-state index in [1.165, 1.54) is 6.42 Å². The first-order chi connectivity index (χ1) is 6.77. The van der Waals surface area contributed by atoms with Gasteiger partial charge in [-0.05, 0) is 19.3 Å². The third-order valence-corrected chi connectivity index (χ3v) is 3.04. The predicted molar refractivity (Wildman–Crippen MR) is 51.7 cm³/mol. The Labute approximate surface area is 83.6 Å². The Balaban J connectivity index is 1.87. The number of hydrogen-bond donors (Lipinski definition) is 1. The Morgan fingerprint density at radius 1 is 1.29 bits per heavy atom. The second-order valence-corrected chi connectivity index (χ2v) is 4.18. The predicted octanol–water partition coefficient (Wildman–Crippen LogP) is 0.699. The number of nitrogens with one attached hydrogen (secondary N) is 1. The number of alkyl halides is 1. The molecular weight excluding hydrogens is 183 g/mol. The molecule has 80 valence electrons. The Morgan fingerprint density at radius 2 is 2.00 bits per heavy atom. The van der Waals surface area contributed by atoms with Crippen LogP contribution in [0.1, 0.15) is 25.7 Å². The molecule has 0 unspecified atom stereocenters. The van der Waals surface area contributed by atoms with Crippen molar-refractivity contribution >= 4 is 5.91 Å². The highest BCUT2D eigenvalue weighted by Crippen LogP contribution is 2.15. The van der Waals surface area contributed by atoms with Crippen molar-refractivity contribution in [3.05, 3.63) is 0 Å². The summed E-state index contributed by atoms with van der Waals surface area (Å²) in [6.07, 6.45) is 2.92. The third kappa shape index (κ3) is 2.05. The lowest BCUT2D eigenvalue weighted by Gasteiger charge is -2.29. The van der Waals surface area contributed by atoms with Gasteiger partial charge < -0.3 is 10.2 Å². The number of amides is 1. The highest BCUT2D eigenvalue weighted by atomic mass is 19.1. The van der Waals surface area contributed by atoms with Gasteiger partial charge in [0.2, 0.25) is 5.91 Å². The number of hydrogen-bond acceptors (Lipinski definition) is 2. The number of rotatable bonds is 1. The van der Waals surface area contributed by atoms with Gasteiger partial charge in [-0.1, -0.05) is 0 Å². The maximum absolute atomic E-state index is 12.9. The van der Waals surface area contributed by atoms with Crippen molar-refractivity contribution in [3.63, 3.8) is 0 Å². The van der Waals surface area contributed by atoms with Gasteiger partial charge in [-0.25, -0.2) is 4.39 Å². The van der Waals surface area contributed by atoms with Gasteiger partial charge in [0.15, 0.2) is 0 Å². The van der Waals surface area contributed by atoms with Crippen LogP contribution in [0.4, 0.5) is 4.39 Å². The topological polar surface area (TPSA) is 32.3 Å². The van der Waals surface area contributed by atoms with Crippen molar-refractivity contribution in [2.45, 2.75) is 37.9 Å². The van der Waals surface area contributed by atoms with E-state index >= 15 is 0 Å². The van der Waals surface area contributed by atoms with E-state index in [4.69, 9.17) is 0 Å². The molecule has 14 heavy (non-hydrogen) atoms. The van der Waals surface area contributed by atoms with Crippen LogP contribution >= 0.6 is 0 Å². The van der Waals surface area contributed by atoms with Gasteiger partial charge in [-0.2, -0.15) is 0 Å². The van der Waals surface area contributed by atoms with Crippen molar-refractivity contribution in [1.29, 1.82) is 0 Å². The number of carbonyl (C=O) groups excluding carboxylic acids is 1. The van der Waals surface area contributed by atoms with Crippen molar-refractivity contribution in [2.24, 2.45) is 0 Å². The second-order valence-electron chi connectivity index (χ2n) is 4.18. The Morgan fingerprint density at radius 3 is 2.57 bits per heavy atom. The summed E-state index contributed by atoms with van der Waals surface area (Å²) in [5.74, 6) is 0.102. The number of piperidine rings is 1. The Bertz CT molecular complexity index is 209. The summed E-state index contributed by atoms with van der Waals surface area (Å²) in [5, 5.41) is 2.94. The zero-order valence-corrected chi connectivity index (χ0v) is 8.34. The first-order valence-corrected chi connectivity index (χ1v) is 5.43. The first kappa shape index (κ1) is 9.90. The highest BCUT2D eigenvalue weighted by Gasteiger charge is 2.32. The number of likely N-dealkylation sites (tertiary alicyclic amines) is 1. The van der Waals surface area contributed by atoms with Crippen molar-refractivity contribution in [3.8, 4) is 0 Å². The molecule has 0 spiro atoms. The molecule has 2 fully saturated rings. The van der Waals surface area contributed by atoms with E-state index < -0.39 is 6.17 Å². The summed E-state index contributed by atoms with van der Waals surface area (Å²) >= 11 is 0. The molecule has 1 amide bonds. The molecule has 0 aliphatic carbocycles. The van der Waals surface area contributed by atoms with Crippen LogP contribution in [0.2, 0.25) is 0 Å². The van der Waals surface area contributed by atoms with Crippen molar-refractivity contribution in [2.75, 3.05) is 19.6 Å². The summed E-state index contributed by atoms with van der Waals surface area (Å²) in [4.78, 5) is 13.7. The van der Waals surface area contributed by atoms with Gasteiger partial charge in [0, 0.05) is 26.1 Å². The zero-order valence-electron chi connectivity index (χ0n) is 8.34. The SMILES string of the molecule is O=C([C@@H]1C[C@@H](F)CN1)N1CCCCC1. The average Bonchev–Trinajstić information content (AvgIpc) is 2.65. The number of carbonyl (C=O) groups is 1. The van der Waals surface area contributed by atoms with Crippen molar-refractivity contribution < 1.29 is 9.18 Å². The largest absolute Gasteiger partial charge is 0.341 e. The molecule has 2 aliphatic rings. The van der Waals surface area contributed by atoms with Gasteiger partial charge in [0.25, 0.3) is 0 Å². The normalized spacial score (nSPS) is 33.4. The minimum atomic E-state index is -0.839. The van der Waals surface area contributed by atoms with E-state index in [2.05, 4.69) is 5.32 Å². The minimum Gasteiger partial charge on any atom is -0.341 e. The van der Waals surface area contributed by atoms with Gasteiger partial charge in [-0.3, -0.25) is 4.79 Å². The molecule has 0 radical (unpaired) electrons. The molecule has 0 aromatic rings. The molecule has 0 aromatic heterocycles. The standard InChI is InChI=1S/C10H17FN2O/c11-8-6-9(12-7-8)10(14)13-4-2-1-3-5-13/h8-9,12H,1-7H2/t8-,9+/m1/s1. The van der Waals surface area contributed by atoms with Gasteiger partial charge >= 0.3 is 0 Å². The average molecular weight is 200 g/mol. The summed E-state index contributed by atoms with van der Waals surface area (Å²) in [7, 11) is 0. The van der Waals surface area contributed by atoms with Crippen molar-refractivity contribution in [1.82, 2.24) is 10.2 Å². The lowest BCUT2D eigenvalue weighted by Crippen LogP contribution is -2.45. The van der Waals surface area contributed by atoms with Crippen LogP contribution in [0.15, 0.2) is 0 Å². The molecule has 4 heteroatoms. The van der Waals surface area contributed by atoms with Crippen LogP contribution in [0.5, 0.6) is 0 Å². The van der Waals surface area contributed by atoms with E-state index in [1.807, 2.05) is 4.90 Å². The molecule has 0 saturated carbocycles. The van der Waals surface area contributed by atoms with E-state index in [0.29, 0.717) is 13.0 Å². The third-order valence-electron chi connectivity index (χ3n) is 3.04. The first-order valence-electron chi connectivity index (χ1n) is 5.43. The van der Waals surface area contributed by atoms with Gasteiger partial charge in [0.1, 0.15) is 6.17 Å². The van der Waals surface area contributed by atoms with E-state index in [-0.39, 0.29) is 11.9 Å². The Kier molecular flexibility index (Phi) is 3.01. The molecule has 3 nitrogen and oxygen atoms in total. The fraction of sp³-hybridized carbons (Fsp3) is 0.900. The van der Waals surface area contributed by atoms with Crippen LogP contribution in [-0.4, -0.2) is 42.7 Å². The van der Waals surface area contributed by atoms with Crippen LogP contribution in [0.3, 0.4) is 0 Å². The lowest BCUT2D eigenvalue weighted by molar-refractivity contribution is -0.134. The maximum atomic E-state index is 12.9. The molecular formula is C10H17FN2O. The number of nitrogens with zero attached hydrogens (tertiary/aromatic N) is 1. The quantitative estimate of drug-likeness (QED) is 0.675. The highest BCUT2D eigenvalue weighted by molar-refractivity contribution is 5.82. The monoisotopic (exact) mass is 200 g/mol. The molecule has 0 bridgehead atoms. The molecule has 2 atom stereocenters. The maximum Gasteiger partial charge on any atom is 0.239 e. The lowest BCUT2D eigenvalue weighted by atomic mass is 10.1. The summed E-state index contributed by atoms with van der Waals surface area (Å²) in [5.41, 5.74) is 0. The number of halogens is 1. The summed E-state index contributed by atoms with van der Waals surface area (Å²) in [6.45, 7) is 2.05. The minimum absolute atomic E-state index is 0.102. The van der Waals surface area contributed by atoms with Gasteiger partial charge in [0.05, 0.1) is 6.04 Å². The van der Waals surface area contributed by atoms with Crippen LogP contribution in [-0.2, 0) is 4.79 Å². The van der Waals surface area contributed by atoms with Crippen LogP contribution in [0.25, 0.3) is 0 Å². The van der Waals surface area contributed by atoms with Crippen LogP contribution in [0, 0.1) is 0 Å². The van der Waals surface area contributed by atoms with E-state index in [0.717, 1.165) is 25.9 Å². The zero-order chi connectivity index (χ0) is 9.97. The molecule has 1 N–H and O–H groups in total. The fourth-order valence-corrected chi connectivity index (χ4v) is 2.22. The summed E-state index contributed by atoms with van der Waals surface area (Å²) < 4.78 is 12.9. The smallest absolute Gasteiger partial charge is 0.239 e. The van der Waals surface area contributed by atoms with Crippen LogP contribution < -0.4 is 5.32 Å². The molecule has 2 saturated heterocycles. The Hall–Kier alpha value is -0.640. The van der Waals surface area contributed by atoms with Gasteiger partial charge in [-0.15, -0.1) is 0 Å². The van der Waals surface area contributed by atoms with E-state index in [1.54, 1.807) is 0 Å². The second kappa shape index (κ2) is 4.26. The summed E-state index contributed by atoms with van der Waals surface area (Å²) in [6, 6.07) is -0.261. The fourth-order valence-electron chi connectivity index (χ4n) is 2.22. The molecule has 0 aromatic carbocycles.